The molecule has 7 rings (SSSR count). The number of benzene rings is 4. The van der Waals surface area contributed by atoms with Crippen LogP contribution < -0.4 is 0 Å². The standard InChI is InChI=1S/C36H25N9/c1-20-39-21(2)42-35(41-20)27-10-12-34(31(17-27)36-43-22(3)40-23(4)44-36)45-32-8-6-5-7-29(32)30-16-26(9-11-33(30)45)28-14-24(18-37)13-25(15-28)19-38/h5-17H,1-4H3. The van der Waals surface area contributed by atoms with Crippen LogP contribution in [0.2, 0.25) is 0 Å². The summed E-state index contributed by atoms with van der Waals surface area (Å²) in [5.74, 6) is 3.69. The fourth-order valence-corrected chi connectivity index (χ4v) is 5.87. The summed E-state index contributed by atoms with van der Waals surface area (Å²) in [5.41, 5.74) is 7.15. The summed E-state index contributed by atoms with van der Waals surface area (Å²) >= 11 is 0. The summed E-state index contributed by atoms with van der Waals surface area (Å²) in [6.07, 6.45) is 0. The molecule has 0 aliphatic heterocycles. The van der Waals surface area contributed by atoms with Crippen LogP contribution in [0.1, 0.15) is 34.4 Å². The van der Waals surface area contributed by atoms with Crippen LogP contribution in [0.3, 0.4) is 0 Å². The molecule has 0 N–H and O–H groups in total. The summed E-state index contributed by atoms with van der Waals surface area (Å²) in [5, 5.41) is 21.2. The molecule has 0 spiro atoms. The number of para-hydroxylation sites is 1. The molecule has 0 fully saturated rings. The van der Waals surface area contributed by atoms with E-state index >= 15 is 0 Å². The van der Waals surface area contributed by atoms with Crippen LogP contribution in [-0.4, -0.2) is 34.5 Å². The fourth-order valence-electron chi connectivity index (χ4n) is 5.87. The highest BCUT2D eigenvalue weighted by molar-refractivity contribution is 6.11. The summed E-state index contributed by atoms with van der Waals surface area (Å²) in [4.78, 5) is 27.5. The maximum absolute atomic E-state index is 9.56. The van der Waals surface area contributed by atoms with Crippen molar-refractivity contribution in [1.29, 1.82) is 10.5 Å². The third-order valence-corrected chi connectivity index (χ3v) is 7.65. The Morgan fingerprint density at radius 2 is 1.09 bits per heavy atom. The fraction of sp³-hybridized carbons (Fsp3) is 0.111. The third kappa shape index (κ3) is 4.93. The van der Waals surface area contributed by atoms with Gasteiger partial charge in [0.2, 0.25) is 0 Å². The zero-order chi connectivity index (χ0) is 31.2. The van der Waals surface area contributed by atoms with Gasteiger partial charge in [-0.15, -0.1) is 0 Å². The van der Waals surface area contributed by atoms with Gasteiger partial charge in [-0.05, 0) is 93.4 Å². The Morgan fingerprint density at radius 3 is 1.73 bits per heavy atom. The molecule has 0 amide bonds. The molecule has 3 aromatic heterocycles. The Hall–Kier alpha value is -6.32. The van der Waals surface area contributed by atoms with Gasteiger partial charge in [0.25, 0.3) is 0 Å². The highest BCUT2D eigenvalue weighted by Gasteiger charge is 2.20. The molecule has 0 aliphatic carbocycles. The van der Waals surface area contributed by atoms with Crippen LogP contribution >= 0.6 is 0 Å². The molecule has 0 unspecified atom stereocenters. The van der Waals surface area contributed by atoms with Gasteiger partial charge in [-0.3, -0.25) is 0 Å². The van der Waals surface area contributed by atoms with Gasteiger partial charge in [-0.1, -0.05) is 24.3 Å². The summed E-state index contributed by atoms with van der Waals surface area (Å²) < 4.78 is 2.22. The quantitative estimate of drug-likeness (QED) is 0.214. The van der Waals surface area contributed by atoms with Crippen molar-refractivity contribution in [3.63, 3.8) is 0 Å². The summed E-state index contributed by atoms with van der Waals surface area (Å²) in [7, 11) is 0. The second-order valence-corrected chi connectivity index (χ2v) is 10.8. The van der Waals surface area contributed by atoms with E-state index in [-0.39, 0.29) is 0 Å². The van der Waals surface area contributed by atoms with Crippen molar-refractivity contribution in [1.82, 2.24) is 34.5 Å². The summed E-state index contributed by atoms with van der Waals surface area (Å²) in [6, 6.07) is 30.1. The molecule has 214 valence electrons. The van der Waals surface area contributed by atoms with E-state index in [1.165, 1.54) is 0 Å². The molecule has 0 aliphatic rings. The molecule has 0 atom stereocenters. The topological polar surface area (TPSA) is 130 Å². The van der Waals surface area contributed by atoms with Crippen molar-refractivity contribution in [2.75, 3.05) is 0 Å². The lowest BCUT2D eigenvalue weighted by Crippen LogP contribution is -2.04. The Bertz CT molecular complexity index is 2340. The second kappa shape index (κ2) is 10.7. The van der Waals surface area contributed by atoms with E-state index < -0.39 is 0 Å². The molecular weight excluding hydrogens is 558 g/mol. The molecule has 0 saturated carbocycles. The molecule has 0 radical (unpaired) electrons. The number of aromatic nitrogens is 7. The van der Waals surface area contributed by atoms with E-state index in [0.717, 1.165) is 49.7 Å². The van der Waals surface area contributed by atoms with Crippen molar-refractivity contribution in [3.8, 4) is 51.7 Å². The Morgan fingerprint density at radius 1 is 0.511 bits per heavy atom. The number of hydrogen-bond donors (Lipinski definition) is 0. The number of hydrogen-bond acceptors (Lipinski definition) is 8. The Balaban J connectivity index is 1.51. The van der Waals surface area contributed by atoms with Gasteiger partial charge in [-0.2, -0.15) is 10.5 Å². The van der Waals surface area contributed by atoms with Gasteiger partial charge < -0.3 is 4.57 Å². The van der Waals surface area contributed by atoms with Crippen LogP contribution in [-0.2, 0) is 0 Å². The number of nitrogens with zero attached hydrogens (tertiary/aromatic N) is 9. The van der Waals surface area contributed by atoms with Crippen LogP contribution in [0.15, 0.2) is 78.9 Å². The number of fused-ring (bicyclic) bond motifs is 3. The van der Waals surface area contributed by atoms with Crippen LogP contribution in [0, 0.1) is 50.4 Å². The van der Waals surface area contributed by atoms with Crippen molar-refractivity contribution in [2.45, 2.75) is 27.7 Å². The lowest BCUT2D eigenvalue weighted by Gasteiger charge is -2.15. The third-order valence-electron chi connectivity index (χ3n) is 7.65. The van der Waals surface area contributed by atoms with Crippen LogP contribution in [0.4, 0.5) is 0 Å². The van der Waals surface area contributed by atoms with E-state index in [0.29, 0.717) is 46.1 Å². The molecule has 4 aromatic carbocycles. The zero-order valence-corrected chi connectivity index (χ0v) is 25.0. The van der Waals surface area contributed by atoms with Crippen molar-refractivity contribution in [2.24, 2.45) is 0 Å². The van der Waals surface area contributed by atoms with Crippen molar-refractivity contribution < 1.29 is 0 Å². The molecule has 3 heterocycles. The molecule has 0 saturated heterocycles. The molecule has 45 heavy (non-hydrogen) atoms. The largest absolute Gasteiger partial charge is 0.309 e. The number of nitriles is 2. The van der Waals surface area contributed by atoms with E-state index in [1.54, 1.807) is 6.07 Å². The Labute approximate surface area is 259 Å². The van der Waals surface area contributed by atoms with E-state index in [9.17, 15) is 10.5 Å². The summed E-state index contributed by atoms with van der Waals surface area (Å²) in [6.45, 7) is 7.44. The highest BCUT2D eigenvalue weighted by atomic mass is 15.0. The molecular formula is C36H25N9. The normalized spacial score (nSPS) is 11.1. The predicted molar refractivity (Wildman–Crippen MR) is 172 cm³/mol. The first kappa shape index (κ1) is 27.5. The molecule has 9 heteroatoms. The van der Waals surface area contributed by atoms with Crippen LogP contribution in [0.25, 0.3) is 61.4 Å². The lowest BCUT2D eigenvalue weighted by molar-refractivity contribution is 0.924. The van der Waals surface area contributed by atoms with Gasteiger partial charge in [0, 0.05) is 21.9 Å². The first-order valence-electron chi connectivity index (χ1n) is 14.3. The zero-order valence-electron chi connectivity index (χ0n) is 25.0. The first-order chi connectivity index (χ1) is 21.8. The van der Waals surface area contributed by atoms with E-state index in [4.69, 9.17) is 9.97 Å². The number of aryl methyl sites for hydroxylation is 4. The molecule has 7 aromatic rings. The monoisotopic (exact) mass is 583 g/mol. The molecule has 0 bridgehead atoms. The van der Waals surface area contributed by atoms with Gasteiger partial charge >= 0.3 is 0 Å². The smallest absolute Gasteiger partial charge is 0.165 e. The van der Waals surface area contributed by atoms with Gasteiger partial charge in [0.05, 0.1) is 40.0 Å². The van der Waals surface area contributed by atoms with Gasteiger partial charge in [-0.25, -0.2) is 29.9 Å². The lowest BCUT2D eigenvalue weighted by atomic mass is 9.99. The number of rotatable bonds is 4. The van der Waals surface area contributed by atoms with Gasteiger partial charge in [0.1, 0.15) is 23.3 Å². The maximum atomic E-state index is 9.56. The maximum Gasteiger partial charge on any atom is 0.165 e. The van der Waals surface area contributed by atoms with Crippen LogP contribution in [0.5, 0.6) is 0 Å². The SMILES string of the molecule is Cc1nc(C)nc(-c2ccc(-n3c4ccccc4c4cc(-c5cc(C#N)cc(C#N)c5)ccc43)c(-c3nc(C)nc(C)n3)c2)n1. The predicted octanol–water partition coefficient (Wildman–Crippen LogP) is 7.13. The average molecular weight is 584 g/mol. The molecule has 9 nitrogen and oxygen atoms in total. The second-order valence-electron chi connectivity index (χ2n) is 10.8. The minimum Gasteiger partial charge on any atom is -0.309 e. The first-order valence-corrected chi connectivity index (χ1v) is 14.3. The average Bonchev–Trinajstić information content (AvgIpc) is 3.37. The van der Waals surface area contributed by atoms with Crippen molar-refractivity contribution >= 4 is 21.8 Å². The van der Waals surface area contributed by atoms with E-state index in [2.05, 4.69) is 67.0 Å². The highest BCUT2D eigenvalue weighted by Crippen LogP contribution is 2.38. The van der Waals surface area contributed by atoms with Crippen molar-refractivity contribution in [3.05, 3.63) is 113 Å². The van der Waals surface area contributed by atoms with E-state index in [1.807, 2.05) is 70.2 Å². The van der Waals surface area contributed by atoms with Gasteiger partial charge in [0.15, 0.2) is 11.6 Å². The Kier molecular flexibility index (Phi) is 6.57. The minimum atomic E-state index is 0.447. The minimum absolute atomic E-state index is 0.447.